The van der Waals surface area contributed by atoms with Crippen molar-refractivity contribution in [2.45, 2.75) is 32.4 Å². The molecular formula is C13H20N2O. The van der Waals surface area contributed by atoms with Gasteiger partial charge in [-0.2, -0.15) is 0 Å². The van der Waals surface area contributed by atoms with E-state index in [4.69, 9.17) is 4.42 Å². The van der Waals surface area contributed by atoms with Gasteiger partial charge < -0.3 is 9.73 Å². The molecule has 1 N–H and O–H groups in total. The highest BCUT2D eigenvalue weighted by Gasteiger charge is 2.34. The number of hydrogen-bond acceptors (Lipinski definition) is 3. The highest BCUT2D eigenvalue weighted by atomic mass is 16.3. The lowest BCUT2D eigenvalue weighted by molar-refractivity contribution is 0.109. The molecule has 3 heterocycles. The van der Waals surface area contributed by atoms with Crippen molar-refractivity contribution in [1.82, 2.24) is 10.2 Å². The Labute approximate surface area is 96.8 Å². The normalized spacial score (nSPS) is 30.6. The minimum atomic E-state index is 0.735. The van der Waals surface area contributed by atoms with Crippen LogP contribution in [0.2, 0.25) is 0 Å². The number of likely N-dealkylation sites (tertiary alicyclic amines) is 1. The van der Waals surface area contributed by atoms with Crippen LogP contribution in [-0.4, -0.2) is 30.6 Å². The summed E-state index contributed by atoms with van der Waals surface area (Å²) in [6.07, 6.45) is 2.73. The fourth-order valence-electron chi connectivity index (χ4n) is 3.13. The van der Waals surface area contributed by atoms with Crippen LogP contribution in [0.25, 0.3) is 0 Å². The second-order valence-electron chi connectivity index (χ2n) is 5.11. The van der Waals surface area contributed by atoms with E-state index >= 15 is 0 Å². The summed E-state index contributed by atoms with van der Waals surface area (Å²) < 4.78 is 5.67. The number of hydrogen-bond donors (Lipinski definition) is 1. The Morgan fingerprint density at radius 1 is 1.44 bits per heavy atom. The number of aryl methyl sites for hydroxylation is 1. The highest BCUT2D eigenvalue weighted by molar-refractivity contribution is 5.06. The van der Waals surface area contributed by atoms with Crippen molar-refractivity contribution in [2.24, 2.45) is 5.92 Å². The lowest BCUT2D eigenvalue weighted by Crippen LogP contribution is -2.44. The second-order valence-corrected chi connectivity index (χ2v) is 5.11. The molecular weight excluding hydrogens is 200 g/mol. The van der Waals surface area contributed by atoms with Gasteiger partial charge >= 0.3 is 0 Å². The maximum Gasteiger partial charge on any atom is 0.118 e. The number of rotatable bonds is 2. The number of nitrogens with zero attached hydrogens (tertiary/aromatic N) is 1. The van der Waals surface area contributed by atoms with Crippen molar-refractivity contribution >= 4 is 0 Å². The Balaban J connectivity index is 1.69. The molecule has 2 aliphatic rings. The zero-order valence-electron chi connectivity index (χ0n) is 9.91. The summed E-state index contributed by atoms with van der Waals surface area (Å²) in [5, 5.41) is 3.51. The van der Waals surface area contributed by atoms with E-state index in [0.717, 1.165) is 36.6 Å². The van der Waals surface area contributed by atoms with Gasteiger partial charge in [0, 0.05) is 12.6 Å². The molecule has 3 rings (SSSR count). The predicted molar refractivity (Wildman–Crippen MR) is 63.2 cm³/mol. The average molecular weight is 220 g/mol. The van der Waals surface area contributed by atoms with Crippen molar-refractivity contribution in [1.29, 1.82) is 0 Å². The second kappa shape index (κ2) is 4.22. The van der Waals surface area contributed by atoms with Crippen LogP contribution >= 0.6 is 0 Å². The molecule has 2 saturated heterocycles. The summed E-state index contributed by atoms with van der Waals surface area (Å²) in [7, 11) is 0. The van der Waals surface area contributed by atoms with Crippen LogP contribution in [0.15, 0.2) is 16.5 Å². The van der Waals surface area contributed by atoms with Crippen LogP contribution in [0.3, 0.4) is 0 Å². The Hall–Kier alpha value is -0.800. The fourth-order valence-corrected chi connectivity index (χ4v) is 3.13. The molecule has 0 aromatic carbocycles. The Bertz CT molecular complexity index is 361. The number of fused-ring (bicyclic) bond motifs is 1. The maximum atomic E-state index is 5.67. The van der Waals surface area contributed by atoms with Crippen LogP contribution in [0.5, 0.6) is 0 Å². The molecule has 2 aliphatic heterocycles. The summed E-state index contributed by atoms with van der Waals surface area (Å²) in [4.78, 5) is 2.59. The first kappa shape index (κ1) is 10.4. The van der Waals surface area contributed by atoms with Crippen LogP contribution in [0.4, 0.5) is 0 Å². The van der Waals surface area contributed by atoms with Gasteiger partial charge in [-0.25, -0.2) is 0 Å². The smallest absolute Gasteiger partial charge is 0.118 e. The number of piperidine rings is 1. The summed E-state index contributed by atoms with van der Waals surface area (Å²) in [6.45, 7) is 6.58. The monoisotopic (exact) mass is 220 g/mol. The van der Waals surface area contributed by atoms with Gasteiger partial charge in [0.05, 0.1) is 6.54 Å². The van der Waals surface area contributed by atoms with Gasteiger partial charge in [0.15, 0.2) is 0 Å². The van der Waals surface area contributed by atoms with Gasteiger partial charge in [0.25, 0.3) is 0 Å². The average Bonchev–Trinajstić information content (AvgIpc) is 2.87. The first-order chi connectivity index (χ1) is 7.83. The van der Waals surface area contributed by atoms with E-state index in [1.54, 1.807) is 0 Å². The minimum Gasteiger partial charge on any atom is -0.465 e. The van der Waals surface area contributed by atoms with Crippen LogP contribution < -0.4 is 5.32 Å². The van der Waals surface area contributed by atoms with Crippen molar-refractivity contribution in [3.05, 3.63) is 23.7 Å². The Morgan fingerprint density at radius 2 is 2.38 bits per heavy atom. The third-order valence-corrected chi connectivity index (χ3v) is 3.95. The Kier molecular flexibility index (Phi) is 2.74. The van der Waals surface area contributed by atoms with E-state index in [-0.39, 0.29) is 0 Å². The SMILES string of the molecule is Cc1ccc(CN2CCCC3CNCC32)o1. The molecule has 2 atom stereocenters. The lowest BCUT2D eigenvalue weighted by Gasteiger charge is -2.36. The number of nitrogens with one attached hydrogen (secondary N) is 1. The Morgan fingerprint density at radius 3 is 3.19 bits per heavy atom. The quantitative estimate of drug-likeness (QED) is 0.823. The highest BCUT2D eigenvalue weighted by Crippen LogP contribution is 2.27. The predicted octanol–water partition coefficient (Wildman–Crippen LogP) is 1.77. The first-order valence-electron chi connectivity index (χ1n) is 6.33. The maximum absolute atomic E-state index is 5.67. The minimum absolute atomic E-state index is 0.735. The largest absolute Gasteiger partial charge is 0.465 e. The molecule has 2 fully saturated rings. The lowest BCUT2D eigenvalue weighted by atomic mass is 9.92. The van der Waals surface area contributed by atoms with E-state index in [2.05, 4.69) is 22.3 Å². The molecule has 3 heteroatoms. The zero-order chi connectivity index (χ0) is 11.0. The first-order valence-corrected chi connectivity index (χ1v) is 6.33. The molecule has 16 heavy (non-hydrogen) atoms. The molecule has 88 valence electrons. The summed E-state index contributed by atoms with van der Waals surface area (Å²) in [5.41, 5.74) is 0. The van der Waals surface area contributed by atoms with Crippen molar-refractivity contribution < 1.29 is 4.42 Å². The van der Waals surface area contributed by atoms with Gasteiger partial charge in [-0.1, -0.05) is 0 Å². The van der Waals surface area contributed by atoms with Gasteiger partial charge in [0.2, 0.25) is 0 Å². The molecule has 3 nitrogen and oxygen atoms in total. The van der Waals surface area contributed by atoms with Crippen LogP contribution in [0, 0.1) is 12.8 Å². The van der Waals surface area contributed by atoms with Gasteiger partial charge in [-0.3, -0.25) is 4.90 Å². The standard InChI is InChI=1S/C13H20N2O/c1-10-4-5-12(16-10)9-15-6-2-3-11-7-14-8-13(11)15/h4-5,11,13-14H,2-3,6-9H2,1H3. The van der Waals surface area contributed by atoms with Crippen molar-refractivity contribution in [3.8, 4) is 0 Å². The van der Waals surface area contributed by atoms with Crippen LogP contribution in [0.1, 0.15) is 24.4 Å². The van der Waals surface area contributed by atoms with E-state index in [9.17, 15) is 0 Å². The van der Waals surface area contributed by atoms with Crippen molar-refractivity contribution in [3.63, 3.8) is 0 Å². The molecule has 0 bridgehead atoms. The molecule has 2 unspecified atom stereocenters. The number of furan rings is 1. The molecule has 1 aromatic rings. The van der Waals surface area contributed by atoms with E-state index < -0.39 is 0 Å². The molecule has 1 aromatic heterocycles. The van der Waals surface area contributed by atoms with Gasteiger partial charge in [-0.15, -0.1) is 0 Å². The summed E-state index contributed by atoms with van der Waals surface area (Å²) in [5.74, 6) is 3.00. The third-order valence-electron chi connectivity index (χ3n) is 3.95. The third kappa shape index (κ3) is 1.89. The van der Waals surface area contributed by atoms with E-state index in [1.165, 1.54) is 25.9 Å². The van der Waals surface area contributed by atoms with E-state index in [0.29, 0.717) is 0 Å². The summed E-state index contributed by atoms with van der Waals surface area (Å²) >= 11 is 0. The molecule has 0 radical (unpaired) electrons. The van der Waals surface area contributed by atoms with Crippen LogP contribution in [-0.2, 0) is 6.54 Å². The summed E-state index contributed by atoms with van der Waals surface area (Å²) in [6, 6.07) is 4.91. The molecule has 0 amide bonds. The van der Waals surface area contributed by atoms with Crippen molar-refractivity contribution in [2.75, 3.05) is 19.6 Å². The molecule has 0 spiro atoms. The molecule has 0 saturated carbocycles. The topological polar surface area (TPSA) is 28.4 Å². The molecule has 0 aliphatic carbocycles. The van der Waals surface area contributed by atoms with Gasteiger partial charge in [0.1, 0.15) is 11.5 Å². The van der Waals surface area contributed by atoms with Gasteiger partial charge in [-0.05, 0) is 50.9 Å². The van der Waals surface area contributed by atoms with E-state index in [1.807, 2.05) is 6.92 Å². The zero-order valence-corrected chi connectivity index (χ0v) is 9.91. The fraction of sp³-hybridized carbons (Fsp3) is 0.692.